The van der Waals surface area contributed by atoms with Gasteiger partial charge in [0.15, 0.2) is 9.84 Å². The number of sulfone groups is 1. The lowest BCUT2D eigenvalue weighted by Gasteiger charge is -2.13. The summed E-state index contributed by atoms with van der Waals surface area (Å²) < 4.78 is 29.9. The average molecular weight is 322 g/mol. The van der Waals surface area contributed by atoms with Crippen molar-refractivity contribution in [1.29, 1.82) is 0 Å². The molecule has 0 aliphatic carbocycles. The average Bonchev–Trinajstić information content (AvgIpc) is 2.50. The van der Waals surface area contributed by atoms with Crippen LogP contribution in [0.25, 0.3) is 0 Å². The maximum Gasteiger partial charge on any atom is 0.181 e. The van der Waals surface area contributed by atoms with Crippen LogP contribution in [0.1, 0.15) is 31.7 Å². The van der Waals surface area contributed by atoms with Gasteiger partial charge < -0.3 is 4.74 Å². The van der Waals surface area contributed by atoms with Crippen molar-refractivity contribution in [3.63, 3.8) is 0 Å². The predicted octanol–water partition coefficient (Wildman–Crippen LogP) is 4.09. The maximum absolute atomic E-state index is 12.3. The third-order valence-corrected chi connectivity index (χ3v) is 5.25. The molecule has 3 nitrogen and oxygen atoms in total. The summed E-state index contributed by atoms with van der Waals surface area (Å²) in [5.74, 6) is 0.0427. The van der Waals surface area contributed by atoms with E-state index in [1.165, 1.54) is 0 Å². The third-order valence-electron chi connectivity index (χ3n) is 3.65. The van der Waals surface area contributed by atoms with Gasteiger partial charge in [-0.15, -0.1) is 6.58 Å². The fraction of sp³-hybridized carbons (Fsp3) is 0.444. The van der Waals surface area contributed by atoms with E-state index < -0.39 is 9.84 Å². The van der Waals surface area contributed by atoms with Gasteiger partial charge in [0.25, 0.3) is 0 Å². The van der Waals surface area contributed by atoms with Crippen molar-refractivity contribution in [2.45, 2.75) is 44.1 Å². The number of ether oxygens (including phenoxy) is 1. The third kappa shape index (κ3) is 6.16. The molecule has 4 heteroatoms. The number of allylic oxidation sites excluding steroid dienone is 1. The second kappa shape index (κ2) is 8.91. The Hall–Kier alpha value is -1.39. The second-order valence-electron chi connectivity index (χ2n) is 5.57. The number of hydrogen-bond acceptors (Lipinski definition) is 3. The molecule has 0 N–H and O–H groups in total. The van der Waals surface area contributed by atoms with Gasteiger partial charge in [0.2, 0.25) is 0 Å². The summed E-state index contributed by atoms with van der Waals surface area (Å²) in [6, 6.07) is 6.97. The van der Waals surface area contributed by atoms with Crippen LogP contribution >= 0.6 is 0 Å². The lowest BCUT2D eigenvalue weighted by molar-refractivity contribution is 0.0981. The zero-order chi connectivity index (χ0) is 16.6. The van der Waals surface area contributed by atoms with Gasteiger partial charge in [-0.2, -0.15) is 0 Å². The van der Waals surface area contributed by atoms with E-state index in [1.54, 1.807) is 25.3 Å². The number of aryl methyl sites for hydroxylation is 1. The van der Waals surface area contributed by atoms with Crippen LogP contribution in [0.15, 0.2) is 53.5 Å². The first-order chi connectivity index (χ1) is 10.4. The number of hydrogen-bond donors (Lipinski definition) is 0. The lowest BCUT2D eigenvalue weighted by atomic mass is 10.1. The molecular formula is C18H26O3S. The molecule has 1 aromatic rings. The standard InChI is InChI=1S/C18H26O3S/c1-5-6-17(21-4)10-7-16(3)13-14-22(19,20)18-11-8-15(2)9-12-18/h5,8-9,11-13,17H,1,6-7,10,14H2,2-4H3/b16-13+/t17-/m0/s1. The summed E-state index contributed by atoms with van der Waals surface area (Å²) in [6.07, 6.45) is 6.30. The maximum atomic E-state index is 12.3. The van der Waals surface area contributed by atoms with E-state index in [0.29, 0.717) is 4.90 Å². The molecule has 0 fully saturated rings. The molecule has 0 aliphatic rings. The van der Waals surface area contributed by atoms with Crippen molar-refractivity contribution < 1.29 is 13.2 Å². The van der Waals surface area contributed by atoms with Crippen LogP contribution in [0.2, 0.25) is 0 Å². The summed E-state index contributed by atoms with van der Waals surface area (Å²) in [4.78, 5) is 0.378. The van der Waals surface area contributed by atoms with Crippen LogP contribution in [0.5, 0.6) is 0 Å². The van der Waals surface area contributed by atoms with Gasteiger partial charge in [-0.25, -0.2) is 8.42 Å². The molecular weight excluding hydrogens is 296 g/mol. The van der Waals surface area contributed by atoms with Gasteiger partial charge in [0.05, 0.1) is 16.8 Å². The Morgan fingerprint density at radius 2 is 1.95 bits per heavy atom. The summed E-state index contributed by atoms with van der Waals surface area (Å²) >= 11 is 0. The normalized spacial score (nSPS) is 13.9. The van der Waals surface area contributed by atoms with Crippen molar-refractivity contribution in [2.75, 3.05) is 12.9 Å². The van der Waals surface area contributed by atoms with Gasteiger partial charge in [0, 0.05) is 7.11 Å². The van der Waals surface area contributed by atoms with E-state index >= 15 is 0 Å². The van der Waals surface area contributed by atoms with Crippen LogP contribution in [0.3, 0.4) is 0 Å². The molecule has 0 saturated heterocycles. The molecule has 22 heavy (non-hydrogen) atoms. The first kappa shape index (κ1) is 18.7. The highest BCUT2D eigenvalue weighted by molar-refractivity contribution is 7.91. The van der Waals surface area contributed by atoms with Gasteiger partial charge in [-0.05, 0) is 45.2 Å². The van der Waals surface area contributed by atoms with Crippen molar-refractivity contribution in [3.8, 4) is 0 Å². The first-order valence-corrected chi connectivity index (χ1v) is 9.13. The molecule has 0 unspecified atom stereocenters. The topological polar surface area (TPSA) is 43.4 Å². The number of methoxy groups -OCH3 is 1. The number of benzene rings is 1. The van der Waals surface area contributed by atoms with E-state index in [2.05, 4.69) is 6.58 Å². The van der Waals surface area contributed by atoms with E-state index in [4.69, 9.17) is 4.74 Å². The monoisotopic (exact) mass is 322 g/mol. The fourth-order valence-electron chi connectivity index (χ4n) is 2.10. The Kier molecular flexibility index (Phi) is 7.56. The minimum atomic E-state index is -3.25. The molecule has 0 spiro atoms. The van der Waals surface area contributed by atoms with E-state index in [-0.39, 0.29) is 11.9 Å². The zero-order valence-electron chi connectivity index (χ0n) is 13.7. The van der Waals surface area contributed by atoms with Crippen molar-refractivity contribution in [1.82, 2.24) is 0 Å². The SMILES string of the molecule is C=CC[C@@H](CC/C(C)=C/CS(=O)(=O)c1ccc(C)cc1)OC. The Morgan fingerprint density at radius 1 is 1.32 bits per heavy atom. The minimum Gasteiger partial charge on any atom is -0.381 e. The molecule has 0 aromatic heterocycles. The molecule has 0 aliphatic heterocycles. The molecule has 0 bridgehead atoms. The second-order valence-corrected chi connectivity index (χ2v) is 7.60. The van der Waals surface area contributed by atoms with E-state index in [1.807, 2.05) is 32.1 Å². The largest absolute Gasteiger partial charge is 0.381 e. The van der Waals surface area contributed by atoms with Gasteiger partial charge in [-0.3, -0.25) is 0 Å². The molecule has 0 amide bonds. The molecule has 0 saturated carbocycles. The Balaban J connectivity index is 2.62. The van der Waals surface area contributed by atoms with Crippen LogP contribution in [0, 0.1) is 6.92 Å². The Labute approximate surface area is 134 Å². The van der Waals surface area contributed by atoms with Gasteiger partial charge in [0.1, 0.15) is 0 Å². The molecule has 1 aromatic carbocycles. The Morgan fingerprint density at radius 3 is 2.50 bits per heavy atom. The first-order valence-electron chi connectivity index (χ1n) is 7.47. The van der Waals surface area contributed by atoms with E-state index in [0.717, 1.165) is 30.4 Å². The summed E-state index contributed by atoms with van der Waals surface area (Å²) in [7, 11) is -1.56. The van der Waals surface area contributed by atoms with Crippen LogP contribution in [-0.2, 0) is 14.6 Å². The van der Waals surface area contributed by atoms with Crippen LogP contribution in [0.4, 0.5) is 0 Å². The summed E-state index contributed by atoms with van der Waals surface area (Å²) in [5.41, 5.74) is 2.13. The van der Waals surface area contributed by atoms with Crippen molar-refractivity contribution >= 4 is 9.84 Å². The molecule has 122 valence electrons. The number of rotatable bonds is 9. The van der Waals surface area contributed by atoms with Crippen LogP contribution < -0.4 is 0 Å². The smallest absolute Gasteiger partial charge is 0.181 e. The molecule has 0 heterocycles. The van der Waals surface area contributed by atoms with Gasteiger partial charge >= 0.3 is 0 Å². The Bertz CT molecular complexity index is 598. The van der Waals surface area contributed by atoms with Gasteiger partial charge in [-0.1, -0.05) is 35.4 Å². The highest BCUT2D eigenvalue weighted by Gasteiger charge is 2.12. The fourth-order valence-corrected chi connectivity index (χ4v) is 3.35. The quantitative estimate of drug-likeness (QED) is 0.643. The predicted molar refractivity (Wildman–Crippen MR) is 91.8 cm³/mol. The highest BCUT2D eigenvalue weighted by Crippen LogP contribution is 2.15. The molecule has 1 atom stereocenters. The zero-order valence-corrected chi connectivity index (χ0v) is 14.5. The minimum absolute atomic E-state index is 0.0427. The summed E-state index contributed by atoms with van der Waals surface area (Å²) in [5, 5.41) is 0. The van der Waals surface area contributed by atoms with Crippen LogP contribution in [-0.4, -0.2) is 27.4 Å². The van der Waals surface area contributed by atoms with E-state index in [9.17, 15) is 8.42 Å². The molecule has 1 rings (SSSR count). The lowest BCUT2D eigenvalue weighted by Crippen LogP contribution is -2.09. The summed E-state index contributed by atoms with van der Waals surface area (Å²) in [6.45, 7) is 7.61. The molecule has 0 radical (unpaired) electrons. The van der Waals surface area contributed by atoms with Crippen molar-refractivity contribution in [3.05, 3.63) is 54.1 Å². The highest BCUT2D eigenvalue weighted by atomic mass is 32.2. The van der Waals surface area contributed by atoms with Crippen molar-refractivity contribution in [2.24, 2.45) is 0 Å².